The molecule has 0 amide bonds. The van der Waals surface area contributed by atoms with Crippen LogP contribution in [0.3, 0.4) is 0 Å². The van der Waals surface area contributed by atoms with Gasteiger partial charge in [-0.2, -0.15) is 0 Å². The zero-order valence-corrected chi connectivity index (χ0v) is 8.62. The third-order valence-corrected chi connectivity index (χ3v) is 2.37. The van der Waals surface area contributed by atoms with Gasteiger partial charge in [-0.25, -0.2) is 4.98 Å². The van der Waals surface area contributed by atoms with Gasteiger partial charge >= 0.3 is 0 Å². The first-order valence-corrected chi connectivity index (χ1v) is 4.36. The zero-order chi connectivity index (χ0) is 9.14. The van der Waals surface area contributed by atoms with E-state index in [-0.39, 0.29) is 10.4 Å². The van der Waals surface area contributed by atoms with Crippen molar-refractivity contribution in [3.8, 4) is 0 Å². The molecule has 0 atom stereocenters. The van der Waals surface area contributed by atoms with E-state index in [4.69, 9.17) is 39.5 Å². The fourth-order valence-electron chi connectivity index (χ4n) is 0.753. The fourth-order valence-corrected chi connectivity index (χ4v) is 1.48. The Bertz CT molecular complexity index is 274. The lowest BCUT2D eigenvalue weighted by Gasteiger charge is -2.02. The minimum atomic E-state index is 0.220. The van der Waals surface area contributed by atoms with Crippen LogP contribution in [-0.4, -0.2) is 23.3 Å². The monoisotopic (exact) mass is 228 g/mol. The molecular weight excluding hydrogens is 222 g/mol. The highest BCUT2D eigenvalue weighted by Gasteiger charge is 2.11. The van der Waals surface area contributed by atoms with Gasteiger partial charge in [0.15, 0.2) is 5.15 Å². The van der Waals surface area contributed by atoms with Crippen molar-refractivity contribution in [2.24, 2.45) is 0 Å². The van der Waals surface area contributed by atoms with Crippen LogP contribution in [0.4, 0.5) is 0 Å². The normalized spacial score (nSPS) is 10.7. The molecule has 0 aliphatic rings. The van der Waals surface area contributed by atoms with E-state index in [1.807, 2.05) is 0 Å². The van der Waals surface area contributed by atoms with Gasteiger partial charge in [-0.1, -0.05) is 23.2 Å². The first-order chi connectivity index (χ1) is 5.66. The van der Waals surface area contributed by atoms with Gasteiger partial charge in [-0.15, -0.1) is 0 Å². The lowest BCUT2D eigenvalue weighted by atomic mass is 10.6. The zero-order valence-electron chi connectivity index (χ0n) is 6.35. The van der Waals surface area contributed by atoms with Gasteiger partial charge in [0.1, 0.15) is 5.15 Å². The van der Waals surface area contributed by atoms with E-state index in [2.05, 4.69) is 4.98 Å². The second-order valence-corrected chi connectivity index (χ2v) is 3.16. The molecule has 0 unspecified atom stereocenters. The van der Waals surface area contributed by atoms with Crippen molar-refractivity contribution in [2.45, 2.75) is 6.54 Å². The van der Waals surface area contributed by atoms with E-state index in [0.717, 1.165) is 0 Å². The molecule has 1 rings (SSSR count). The van der Waals surface area contributed by atoms with Crippen molar-refractivity contribution in [3.05, 3.63) is 15.6 Å². The van der Waals surface area contributed by atoms with E-state index in [1.165, 1.54) is 0 Å². The van der Waals surface area contributed by atoms with Crippen LogP contribution in [0.2, 0.25) is 15.6 Å². The number of nitrogens with zero attached hydrogens (tertiary/aromatic N) is 2. The molecule has 3 nitrogen and oxygen atoms in total. The van der Waals surface area contributed by atoms with E-state index < -0.39 is 0 Å². The molecule has 0 bridgehead atoms. The molecule has 1 aromatic heterocycles. The number of hydrogen-bond donors (Lipinski definition) is 0. The molecule has 12 heavy (non-hydrogen) atoms. The summed E-state index contributed by atoms with van der Waals surface area (Å²) in [6.45, 7) is 1.07. The third-order valence-electron chi connectivity index (χ3n) is 1.34. The Labute approximate surface area is 85.2 Å². The summed E-state index contributed by atoms with van der Waals surface area (Å²) in [7, 11) is 1.60. The van der Waals surface area contributed by atoms with E-state index in [9.17, 15) is 0 Å². The number of methoxy groups -OCH3 is 1. The Kier molecular flexibility index (Phi) is 3.65. The van der Waals surface area contributed by atoms with Gasteiger partial charge in [-0.3, -0.25) is 0 Å². The molecule has 0 spiro atoms. The summed E-state index contributed by atoms with van der Waals surface area (Å²) in [6.07, 6.45) is 0. The number of halogens is 3. The molecule has 0 N–H and O–H groups in total. The van der Waals surface area contributed by atoms with Crippen LogP contribution in [0.25, 0.3) is 0 Å². The predicted octanol–water partition coefficient (Wildman–Crippen LogP) is 2.49. The number of aromatic nitrogens is 2. The summed E-state index contributed by atoms with van der Waals surface area (Å²) >= 11 is 17.1. The molecule has 0 radical (unpaired) electrons. The van der Waals surface area contributed by atoms with Gasteiger partial charge < -0.3 is 9.30 Å². The standard InChI is InChI=1S/C6H7Cl3N2O/c1-12-3-2-11-5(8)4(7)10-6(11)9/h2-3H2,1H3. The molecule has 0 saturated carbocycles. The molecule has 1 aromatic rings. The second kappa shape index (κ2) is 4.33. The molecule has 6 heteroatoms. The molecule has 0 aromatic carbocycles. The summed E-state index contributed by atoms with van der Waals surface area (Å²) in [6, 6.07) is 0. The minimum absolute atomic E-state index is 0.220. The highest BCUT2D eigenvalue weighted by atomic mass is 35.5. The fraction of sp³-hybridized carbons (Fsp3) is 0.500. The summed E-state index contributed by atoms with van der Waals surface area (Å²) < 4.78 is 6.43. The van der Waals surface area contributed by atoms with Crippen LogP contribution in [0.15, 0.2) is 0 Å². The lowest BCUT2D eigenvalue weighted by molar-refractivity contribution is 0.187. The van der Waals surface area contributed by atoms with Crippen LogP contribution < -0.4 is 0 Å². The molecule has 0 fully saturated rings. The van der Waals surface area contributed by atoms with Gasteiger partial charge in [0, 0.05) is 13.7 Å². The van der Waals surface area contributed by atoms with Gasteiger partial charge in [-0.05, 0) is 11.6 Å². The van der Waals surface area contributed by atoms with Gasteiger partial charge in [0.05, 0.1) is 6.61 Å². The molecular formula is C6H7Cl3N2O. The predicted molar refractivity (Wildman–Crippen MR) is 49.1 cm³/mol. The minimum Gasteiger partial charge on any atom is -0.383 e. The maximum atomic E-state index is 5.78. The van der Waals surface area contributed by atoms with Crippen LogP contribution in [0, 0.1) is 0 Å². The molecule has 1 heterocycles. The number of rotatable bonds is 3. The maximum Gasteiger partial charge on any atom is 0.205 e. The van der Waals surface area contributed by atoms with Crippen LogP contribution in [-0.2, 0) is 11.3 Å². The van der Waals surface area contributed by atoms with Crippen molar-refractivity contribution >= 4 is 34.8 Å². The van der Waals surface area contributed by atoms with Crippen LogP contribution >= 0.6 is 34.8 Å². The first-order valence-electron chi connectivity index (χ1n) is 3.22. The highest BCUT2D eigenvalue weighted by Crippen LogP contribution is 2.25. The summed E-state index contributed by atoms with van der Waals surface area (Å²) in [5.74, 6) is 0. The molecule has 0 aliphatic heterocycles. The SMILES string of the molecule is COCCn1c(Cl)nc(Cl)c1Cl. The summed E-state index contributed by atoms with van der Waals surface area (Å²) in [5.41, 5.74) is 0. The van der Waals surface area contributed by atoms with Crippen molar-refractivity contribution in [2.75, 3.05) is 13.7 Å². The molecule has 68 valence electrons. The van der Waals surface area contributed by atoms with Crippen molar-refractivity contribution in [3.63, 3.8) is 0 Å². The largest absolute Gasteiger partial charge is 0.383 e. The average Bonchev–Trinajstić information content (AvgIpc) is 2.25. The number of imidazole rings is 1. The van der Waals surface area contributed by atoms with Gasteiger partial charge in [0.25, 0.3) is 0 Å². The molecule has 0 aliphatic carbocycles. The van der Waals surface area contributed by atoms with Gasteiger partial charge in [0.2, 0.25) is 5.28 Å². The lowest BCUT2D eigenvalue weighted by Crippen LogP contribution is -2.04. The number of ether oxygens (including phenoxy) is 1. The van der Waals surface area contributed by atoms with E-state index in [1.54, 1.807) is 11.7 Å². The van der Waals surface area contributed by atoms with Crippen LogP contribution in [0.1, 0.15) is 0 Å². The Hall–Kier alpha value is 0.0400. The molecule has 0 saturated heterocycles. The Balaban J connectivity index is 2.82. The van der Waals surface area contributed by atoms with E-state index >= 15 is 0 Å². The van der Waals surface area contributed by atoms with Crippen molar-refractivity contribution < 1.29 is 4.74 Å². The Morgan fingerprint density at radius 1 is 1.42 bits per heavy atom. The average molecular weight is 229 g/mol. The maximum absolute atomic E-state index is 5.78. The highest BCUT2D eigenvalue weighted by molar-refractivity contribution is 6.41. The van der Waals surface area contributed by atoms with E-state index in [0.29, 0.717) is 18.3 Å². The Morgan fingerprint density at radius 3 is 2.50 bits per heavy atom. The first kappa shape index (κ1) is 10.1. The summed E-state index contributed by atoms with van der Waals surface area (Å²) in [5, 5.41) is 0.846. The third kappa shape index (κ3) is 2.04. The van der Waals surface area contributed by atoms with Crippen LogP contribution in [0.5, 0.6) is 0 Å². The summed E-state index contributed by atoms with van der Waals surface area (Å²) in [4.78, 5) is 3.77. The topological polar surface area (TPSA) is 27.1 Å². The Morgan fingerprint density at radius 2 is 2.08 bits per heavy atom. The second-order valence-electron chi connectivity index (χ2n) is 2.11. The van der Waals surface area contributed by atoms with Crippen molar-refractivity contribution in [1.82, 2.24) is 9.55 Å². The number of hydrogen-bond acceptors (Lipinski definition) is 2. The van der Waals surface area contributed by atoms with Crippen molar-refractivity contribution in [1.29, 1.82) is 0 Å². The quantitative estimate of drug-likeness (QED) is 0.796. The smallest absolute Gasteiger partial charge is 0.205 e.